The third-order valence-corrected chi connectivity index (χ3v) is 4.77. The van der Waals surface area contributed by atoms with Gasteiger partial charge in [-0.05, 0) is 24.3 Å². The Balaban J connectivity index is 1.97. The molecule has 2 aromatic rings. The fraction of sp³-hybridized carbons (Fsp3) is 0.333. The number of carbonyl (C=O) groups is 1. The van der Waals surface area contributed by atoms with Gasteiger partial charge in [0.05, 0.1) is 11.4 Å². The van der Waals surface area contributed by atoms with E-state index in [1.54, 1.807) is 11.3 Å². The van der Waals surface area contributed by atoms with Gasteiger partial charge in [0, 0.05) is 16.4 Å². The fourth-order valence-electron chi connectivity index (χ4n) is 1.51. The zero-order valence-corrected chi connectivity index (χ0v) is 13.3. The minimum Gasteiger partial charge on any atom is -0.293 e. The third-order valence-electron chi connectivity index (χ3n) is 2.74. The second-order valence-corrected chi connectivity index (χ2v) is 7.55. The van der Waals surface area contributed by atoms with E-state index in [-0.39, 0.29) is 17.0 Å². The van der Waals surface area contributed by atoms with E-state index in [0.717, 1.165) is 10.0 Å². The molecule has 0 aliphatic rings. The quantitative estimate of drug-likeness (QED) is 0.613. The first kappa shape index (κ1) is 15.2. The first-order chi connectivity index (χ1) is 9.36. The predicted octanol–water partition coefficient (Wildman–Crippen LogP) is 4.55. The van der Waals surface area contributed by atoms with Gasteiger partial charge in [-0.15, -0.1) is 11.3 Å². The zero-order valence-electron chi connectivity index (χ0n) is 11.6. The molecule has 0 radical (unpaired) electrons. The van der Waals surface area contributed by atoms with Crippen molar-refractivity contribution in [1.82, 2.24) is 4.98 Å². The smallest absolute Gasteiger partial charge is 0.173 e. The highest BCUT2D eigenvalue weighted by Gasteiger charge is 2.18. The van der Waals surface area contributed by atoms with Crippen LogP contribution in [0.5, 0.6) is 0 Å². The molecule has 0 aliphatic carbocycles. The van der Waals surface area contributed by atoms with Crippen LogP contribution in [-0.4, -0.2) is 16.5 Å². The zero-order chi connectivity index (χ0) is 14.8. The molecule has 1 aromatic carbocycles. The number of ketones is 1. The number of aromatic nitrogens is 1. The maximum atomic E-state index is 12.8. The topological polar surface area (TPSA) is 30.0 Å². The first-order valence-corrected chi connectivity index (χ1v) is 8.10. The number of carbonyl (C=O) groups excluding carboxylic acids is 1. The highest BCUT2D eigenvalue weighted by Crippen LogP contribution is 2.29. The number of Topliss-reactive ketones (excluding diaryl/α,β-unsaturated/α-hetero) is 1. The van der Waals surface area contributed by atoms with Crippen LogP contribution in [0.15, 0.2) is 34.0 Å². The molecule has 0 fully saturated rings. The molecular weight excluding hydrogens is 293 g/mol. The van der Waals surface area contributed by atoms with Gasteiger partial charge in [0.1, 0.15) is 5.82 Å². The molecule has 2 nitrogen and oxygen atoms in total. The van der Waals surface area contributed by atoms with Crippen molar-refractivity contribution in [3.05, 3.63) is 46.7 Å². The molecule has 1 heterocycles. The van der Waals surface area contributed by atoms with E-state index in [0.29, 0.717) is 11.3 Å². The highest BCUT2D eigenvalue weighted by atomic mass is 32.2. The van der Waals surface area contributed by atoms with Crippen molar-refractivity contribution in [3.8, 4) is 0 Å². The van der Waals surface area contributed by atoms with Crippen LogP contribution < -0.4 is 0 Å². The van der Waals surface area contributed by atoms with Crippen LogP contribution in [0.25, 0.3) is 0 Å². The number of benzene rings is 1. The van der Waals surface area contributed by atoms with Crippen molar-refractivity contribution in [1.29, 1.82) is 0 Å². The molecule has 0 atom stereocenters. The fourth-order valence-corrected chi connectivity index (χ4v) is 3.46. The summed E-state index contributed by atoms with van der Waals surface area (Å²) in [5.74, 6) is -0.0191. The molecule has 0 spiro atoms. The maximum absolute atomic E-state index is 12.8. The molecule has 0 saturated carbocycles. The largest absolute Gasteiger partial charge is 0.293 e. The lowest BCUT2D eigenvalue weighted by Crippen LogP contribution is -2.11. The van der Waals surface area contributed by atoms with Crippen LogP contribution in [0.4, 0.5) is 4.39 Å². The normalized spacial score (nSPS) is 11.6. The minimum absolute atomic E-state index is 0.0116. The Morgan fingerprint density at radius 2 is 1.95 bits per heavy atom. The number of halogens is 1. The van der Waals surface area contributed by atoms with E-state index in [9.17, 15) is 9.18 Å². The summed E-state index contributed by atoms with van der Waals surface area (Å²) in [6.45, 7) is 6.33. The van der Waals surface area contributed by atoms with Gasteiger partial charge in [0.25, 0.3) is 0 Å². The van der Waals surface area contributed by atoms with Gasteiger partial charge in [-0.2, -0.15) is 0 Å². The van der Waals surface area contributed by atoms with Gasteiger partial charge in [0.2, 0.25) is 0 Å². The van der Waals surface area contributed by atoms with Gasteiger partial charge in [-0.1, -0.05) is 32.5 Å². The summed E-state index contributed by atoms with van der Waals surface area (Å²) in [4.78, 5) is 16.5. The number of hydrogen-bond donors (Lipinski definition) is 0. The van der Waals surface area contributed by atoms with Crippen LogP contribution in [0, 0.1) is 5.82 Å². The SMILES string of the molecule is CC(C)(C)c1csc(SCC(=O)c2ccc(F)cc2)n1. The Morgan fingerprint density at radius 1 is 1.30 bits per heavy atom. The summed E-state index contributed by atoms with van der Waals surface area (Å²) in [7, 11) is 0. The second kappa shape index (κ2) is 6.06. The molecule has 1 aromatic heterocycles. The van der Waals surface area contributed by atoms with E-state index in [1.807, 2.05) is 5.38 Å². The molecule has 0 saturated heterocycles. The van der Waals surface area contributed by atoms with Gasteiger partial charge in [0.15, 0.2) is 10.1 Å². The lowest BCUT2D eigenvalue weighted by atomic mass is 9.93. The highest BCUT2D eigenvalue weighted by molar-refractivity contribution is 8.01. The average Bonchev–Trinajstić information content (AvgIpc) is 2.85. The van der Waals surface area contributed by atoms with Gasteiger partial charge in [-0.3, -0.25) is 4.79 Å². The molecule has 20 heavy (non-hydrogen) atoms. The summed E-state index contributed by atoms with van der Waals surface area (Å²) in [5, 5.41) is 2.03. The van der Waals surface area contributed by atoms with E-state index >= 15 is 0 Å². The molecule has 0 N–H and O–H groups in total. The summed E-state index contributed by atoms with van der Waals surface area (Å²) < 4.78 is 13.7. The van der Waals surface area contributed by atoms with Gasteiger partial charge in [-0.25, -0.2) is 9.37 Å². The van der Waals surface area contributed by atoms with Gasteiger partial charge < -0.3 is 0 Å². The second-order valence-electron chi connectivity index (χ2n) is 5.47. The Bertz CT molecular complexity index is 599. The molecule has 0 bridgehead atoms. The number of rotatable bonds is 4. The first-order valence-electron chi connectivity index (χ1n) is 6.24. The maximum Gasteiger partial charge on any atom is 0.173 e. The van der Waals surface area contributed by atoms with Crippen LogP contribution in [-0.2, 0) is 5.41 Å². The molecule has 2 rings (SSSR count). The van der Waals surface area contributed by atoms with E-state index < -0.39 is 0 Å². The molecule has 0 aliphatic heterocycles. The van der Waals surface area contributed by atoms with Crippen molar-refractivity contribution in [2.24, 2.45) is 0 Å². The van der Waals surface area contributed by atoms with Crippen molar-refractivity contribution in [3.63, 3.8) is 0 Å². The number of thioether (sulfide) groups is 1. The van der Waals surface area contributed by atoms with E-state index in [2.05, 4.69) is 25.8 Å². The van der Waals surface area contributed by atoms with Crippen LogP contribution in [0.1, 0.15) is 36.8 Å². The Kier molecular flexibility index (Phi) is 4.60. The Labute approximate surface area is 126 Å². The standard InChI is InChI=1S/C15H16FNOS2/c1-15(2,3)13-9-20-14(17-13)19-8-12(18)10-4-6-11(16)7-5-10/h4-7,9H,8H2,1-3H3. The molecule has 5 heteroatoms. The summed E-state index contributed by atoms with van der Waals surface area (Å²) in [6, 6.07) is 5.64. The molecule has 0 amide bonds. The lowest BCUT2D eigenvalue weighted by molar-refractivity contribution is 0.102. The predicted molar refractivity (Wildman–Crippen MR) is 82.3 cm³/mol. The molecule has 106 valence electrons. The van der Waals surface area contributed by atoms with Crippen LogP contribution in [0.2, 0.25) is 0 Å². The van der Waals surface area contributed by atoms with E-state index in [4.69, 9.17) is 0 Å². The van der Waals surface area contributed by atoms with Crippen molar-refractivity contribution in [2.45, 2.75) is 30.5 Å². The summed E-state index contributed by atoms with van der Waals surface area (Å²) in [5.41, 5.74) is 1.60. The summed E-state index contributed by atoms with van der Waals surface area (Å²) >= 11 is 2.98. The van der Waals surface area contributed by atoms with Crippen molar-refractivity contribution < 1.29 is 9.18 Å². The molecular formula is C15H16FNOS2. The van der Waals surface area contributed by atoms with Crippen LogP contribution in [0.3, 0.4) is 0 Å². The Morgan fingerprint density at radius 3 is 2.50 bits per heavy atom. The Hall–Kier alpha value is -1.20. The number of thiazole rings is 1. The monoisotopic (exact) mass is 309 g/mol. The van der Waals surface area contributed by atoms with E-state index in [1.165, 1.54) is 36.0 Å². The number of hydrogen-bond acceptors (Lipinski definition) is 4. The van der Waals surface area contributed by atoms with Crippen LogP contribution >= 0.6 is 23.1 Å². The average molecular weight is 309 g/mol. The number of nitrogens with zero attached hydrogens (tertiary/aromatic N) is 1. The molecule has 0 unspecified atom stereocenters. The van der Waals surface area contributed by atoms with Gasteiger partial charge >= 0.3 is 0 Å². The lowest BCUT2D eigenvalue weighted by Gasteiger charge is -2.14. The summed E-state index contributed by atoms with van der Waals surface area (Å²) in [6.07, 6.45) is 0. The van der Waals surface area contributed by atoms with Crippen molar-refractivity contribution >= 4 is 28.9 Å². The minimum atomic E-state index is -0.330. The van der Waals surface area contributed by atoms with Crippen molar-refractivity contribution in [2.75, 3.05) is 5.75 Å². The third kappa shape index (κ3) is 3.90.